The normalized spacial score (nSPS) is 20.0. The standard InChI is InChI=1S/C16H24FNOS/c1-16(2,3)15-6-5-14(17)11-13(15)12-18-7-9-20(4,19)10-8-18/h5-6,11H,4,7-10,12H2,1-3H3. The minimum absolute atomic E-state index is 0.00132. The molecule has 0 bridgehead atoms. The smallest absolute Gasteiger partial charge is 0.123 e. The van der Waals surface area contributed by atoms with Crippen LogP contribution < -0.4 is 0 Å². The van der Waals surface area contributed by atoms with E-state index in [2.05, 4.69) is 31.5 Å². The molecular weight excluding hydrogens is 273 g/mol. The van der Waals surface area contributed by atoms with Crippen LogP contribution in [0.4, 0.5) is 4.39 Å². The number of hydrogen-bond donors (Lipinski definition) is 0. The van der Waals surface area contributed by atoms with Crippen molar-refractivity contribution in [1.29, 1.82) is 0 Å². The molecule has 2 rings (SSSR count). The maximum Gasteiger partial charge on any atom is 0.123 e. The molecule has 0 spiro atoms. The lowest BCUT2D eigenvalue weighted by Gasteiger charge is -2.31. The van der Waals surface area contributed by atoms with Crippen molar-refractivity contribution in [2.24, 2.45) is 0 Å². The van der Waals surface area contributed by atoms with Gasteiger partial charge in [0.15, 0.2) is 0 Å². The van der Waals surface area contributed by atoms with Crippen LogP contribution in [-0.4, -0.2) is 39.6 Å². The molecule has 1 fully saturated rings. The molecule has 20 heavy (non-hydrogen) atoms. The Kier molecular flexibility index (Phi) is 4.26. The molecule has 0 N–H and O–H groups in total. The Balaban J connectivity index is 2.19. The molecule has 2 nitrogen and oxygen atoms in total. The van der Waals surface area contributed by atoms with Crippen LogP contribution in [0.3, 0.4) is 0 Å². The molecule has 1 saturated heterocycles. The van der Waals surface area contributed by atoms with Crippen molar-refractivity contribution in [3.8, 4) is 0 Å². The Morgan fingerprint density at radius 3 is 2.45 bits per heavy atom. The molecule has 112 valence electrons. The van der Waals surface area contributed by atoms with E-state index in [1.807, 2.05) is 6.07 Å². The zero-order chi connectivity index (χ0) is 15.0. The SMILES string of the molecule is C=S1(=O)CCN(Cc2cc(F)ccc2C(C)(C)C)CC1. The van der Waals surface area contributed by atoms with E-state index in [1.165, 1.54) is 11.6 Å². The second-order valence-corrected chi connectivity index (χ2v) is 9.45. The summed E-state index contributed by atoms with van der Waals surface area (Å²) >= 11 is 0. The van der Waals surface area contributed by atoms with Gasteiger partial charge >= 0.3 is 0 Å². The second kappa shape index (κ2) is 5.49. The molecule has 1 aromatic rings. The summed E-state index contributed by atoms with van der Waals surface area (Å²) in [6, 6.07) is 5.05. The first-order valence-corrected chi connectivity index (χ1v) is 9.08. The first kappa shape index (κ1) is 15.5. The molecule has 0 aliphatic carbocycles. The van der Waals surface area contributed by atoms with Crippen molar-refractivity contribution < 1.29 is 8.60 Å². The second-order valence-electron chi connectivity index (χ2n) is 6.70. The molecule has 0 unspecified atom stereocenters. The summed E-state index contributed by atoms with van der Waals surface area (Å²) in [4.78, 5) is 2.25. The first-order valence-electron chi connectivity index (χ1n) is 7.01. The van der Waals surface area contributed by atoms with Gasteiger partial charge in [-0.3, -0.25) is 9.11 Å². The quantitative estimate of drug-likeness (QED) is 0.782. The highest BCUT2D eigenvalue weighted by atomic mass is 32.2. The maximum atomic E-state index is 13.5. The van der Waals surface area contributed by atoms with Gasteiger partial charge in [0.2, 0.25) is 0 Å². The number of nitrogens with zero attached hydrogens (tertiary/aromatic N) is 1. The monoisotopic (exact) mass is 297 g/mol. The Labute approximate surface area is 122 Å². The van der Waals surface area contributed by atoms with E-state index in [-0.39, 0.29) is 11.2 Å². The van der Waals surface area contributed by atoms with E-state index < -0.39 is 9.52 Å². The topological polar surface area (TPSA) is 20.3 Å². The highest BCUT2D eigenvalue weighted by Crippen LogP contribution is 2.27. The summed E-state index contributed by atoms with van der Waals surface area (Å²) in [5.41, 5.74) is 2.22. The van der Waals surface area contributed by atoms with Crippen molar-refractivity contribution in [1.82, 2.24) is 4.90 Å². The summed E-state index contributed by atoms with van der Waals surface area (Å²) in [6.07, 6.45) is 0. The van der Waals surface area contributed by atoms with Gasteiger partial charge in [0, 0.05) is 31.1 Å². The van der Waals surface area contributed by atoms with Gasteiger partial charge in [-0.2, -0.15) is 0 Å². The third kappa shape index (κ3) is 3.83. The molecule has 1 aliphatic rings. The summed E-state index contributed by atoms with van der Waals surface area (Å²) < 4.78 is 25.4. The summed E-state index contributed by atoms with van der Waals surface area (Å²) in [7, 11) is -1.87. The highest BCUT2D eigenvalue weighted by Gasteiger charge is 2.22. The van der Waals surface area contributed by atoms with E-state index in [4.69, 9.17) is 0 Å². The van der Waals surface area contributed by atoms with Gasteiger partial charge in [-0.05, 0) is 44.1 Å². The van der Waals surface area contributed by atoms with Gasteiger partial charge < -0.3 is 0 Å². The van der Waals surface area contributed by atoms with Crippen LogP contribution in [0.1, 0.15) is 31.9 Å². The number of benzene rings is 1. The molecule has 0 atom stereocenters. The summed E-state index contributed by atoms with van der Waals surface area (Å²) in [5, 5.41) is 0. The molecule has 0 radical (unpaired) electrons. The fourth-order valence-electron chi connectivity index (χ4n) is 2.63. The van der Waals surface area contributed by atoms with Crippen molar-refractivity contribution >= 4 is 15.4 Å². The van der Waals surface area contributed by atoms with E-state index in [0.29, 0.717) is 11.5 Å². The molecule has 0 amide bonds. The average Bonchev–Trinajstić information content (AvgIpc) is 2.30. The van der Waals surface area contributed by atoms with Crippen molar-refractivity contribution in [3.63, 3.8) is 0 Å². The molecule has 0 aromatic heterocycles. The van der Waals surface area contributed by atoms with E-state index in [1.54, 1.807) is 6.07 Å². The number of halogens is 1. The summed E-state index contributed by atoms with van der Waals surface area (Å²) in [6.45, 7) is 8.71. The maximum absolute atomic E-state index is 13.5. The van der Waals surface area contributed by atoms with Gasteiger partial charge in [-0.25, -0.2) is 4.39 Å². The predicted octanol–water partition coefficient (Wildman–Crippen LogP) is 2.66. The van der Waals surface area contributed by atoms with Gasteiger partial charge in [-0.1, -0.05) is 26.8 Å². The molecular formula is C16H24FNOS. The summed E-state index contributed by atoms with van der Waals surface area (Å²) in [5.74, 6) is 4.89. The Morgan fingerprint density at radius 2 is 1.90 bits per heavy atom. The Bertz CT molecular complexity index is 573. The van der Waals surface area contributed by atoms with Gasteiger partial charge in [0.1, 0.15) is 5.82 Å². The van der Waals surface area contributed by atoms with Crippen molar-refractivity contribution in [2.75, 3.05) is 24.6 Å². The van der Waals surface area contributed by atoms with E-state index in [9.17, 15) is 8.60 Å². The molecule has 1 aromatic carbocycles. The number of rotatable bonds is 2. The van der Waals surface area contributed by atoms with Crippen LogP contribution in [0.15, 0.2) is 18.2 Å². The molecule has 1 aliphatic heterocycles. The van der Waals surface area contributed by atoms with E-state index in [0.717, 1.165) is 25.2 Å². The third-order valence-electron chi connectivity index (χ3n) is 3.83. The predicted molar refractivity (Wildman–Crippen MR) is 85.4 cm³/mol. The first-order chi connectivity index (χ1) is 9.17. The zero-order valence-electron chi connectivity index (χ0n) is 12.6. The molecule has 4 heteroatoms. The van der Waals surface area contributed by atoms with Crippen LogP contribution in [-0.2, 0) is 21.5 Å². The highest BCUT2D eigenvalue weighted by molar-refractivity contribution is 8.00. The third-order valence-corrected chi connectivity index (χ3v) is 5.68. The number of hydrogen-bond acceptors (Lipinski definition) is 2. The average molecular weight is 297 g/mol. The largest absolute Gasteiger partial charge is 0.297 e. The lowest BCUT2D eigenvalue weighted by atomic mass is 9.83. The van der Waals surface area contributed by atoms with Gasteiger partial charge in [0.05, 0.1) is 0 Å². The molecule has 0 saturated carbocycles. The molecule has 1 heterocycles. The fraction of sp³-hybridized carbons (Fsp3) is 0.562. The fourth-order valence-corrected chi connectivity index (χ4v) is 4.01. The van der Waals surface area contributed by atoms with Crippen LogP contribution >= 0.6 is 0 Å². The van der Waals surface area contributed by atoms with Crippen LogP contribution in [0.25, 0.3) is 0 Å². The minimum Gasteiger partial charge on any atom is -0.297 e. The zero-order valence-corrected chi connectivity index (χ0v) is 13.4. The lowest BCUT2D eigenvalue weighted by molar-refractivity contribution is 0.288. The Morgan fingerprint density at radius 1 is 1.30 bits per heavy atom. The van der Waals surface area contributed by atoms with Crippen LogP contribution in [0.5, 0.6) is 0 Å². The van der Waals surface area contributed by atoms with Crippen LogP contribution in [0, 0.1) is 5.82 Å². The van der Waals surface area contributed by atoms with Gasteiger partial charge in [-0.15, -0.1) is 0 Å². The van der Waals surface area contributed by atoms with Crippen molar-refractivity contribution in [3.05, 3.63) is 35.1 Å². The van der Waals surface area contributed by atoms with Crippen molar-refractivity contribution in [2.45, 2.75) is 32.7 Å². The van der Waals surface area contributed by atoms with E-state index >= 15 is 0 Å². The van der Waals surface area contributed by atoms with Crippen LogP contribution in [0.2, 0.25) is 0 Å². The Hall–Kier alpha value is -0.870. The minimum atomic E-state index is -1.87. The lowest BCUT2D eigenvalue weighted by Crippen LogP contribution is -2.40. The van der Waals surface area contributed by atoms with Gasteiger partial charge in [0.25, 0.3) is 0 Å².